The molecule has 2 heterocycles. The number of aliphatic hydroxyl groups excluding tert-OH is 2. The third kappa shape index (κ3) is 22.4. The van der Waals surface area contributed by atoms with E-state index >= 15 is 0 Å². The first-order valence-electron chi connectivity index (χ1n) is 30.7. The molecule has 0 radical (unpaired) electrons. The van der Waals surface area contributed by atoms with Crippen molar-refractivity contribution in [3.8, 4) is 5.75 Å². The number of aliphatic imine (C=N–C) groups is 1. The molecule has 1 fully saturated rings. The number of carbonyl (C=O) groups is 11. The average molecular weight is 1260 g/mol. The molecule has 0 bridgehead atoms. The summed E-state index contributed by atoms with van der Waals surface area (Å²) in [5, 5.41) is 48.8. The maximum absolute atomic E-state index is 14.7. The van der Waals surface area contributed by atoms with Crippen LogP contribution in [0.4, 0.5) is 0 Å². The number of rotatable bonds is 36. The second kappa shape index (κ2) is 34.8. The predicted molar refractivity (Wildman–Crippen MR) is 339 cm³/mol. The Hall–Kier alpha value is -9.04. The number of phenols is 1. The van der Waals surface area contributed by atoms with Crippen LogP contribution in [-0.2, 0) is 72.0 Å². The molecular weight excluding hydrogens is 1170 g/mol. The van der Waals surface area contributed by atoms with Crippen LogP contribution in [0.2, 0.25) is 0 Å². The van der Waals surface area contributed by atoms with Crippen molar-refractivity contribution >= 4 is 81.5 Å². The highest BCUT2D eigenvalue weighted by molar-refractivity contribution is 6.00. The van der Waals surface area contributed by atoms with Crippen LogP contribution >= 0.6 is 0 Å². The summed E-state index contributed by atoms with van der Waals surface area (Å²) in [7, 11) is 1.50. The van der Waals surface area contributed by atoms with E-state index in [1.807, 2.05) is 38.1 Å². The summed E-state index contributed by atoms with van der Waals surface area (Å²) in [5.74, 6) is -12.7. The lowest BCUT2D eigenvalue weighted by Crippen LogP contribution is -2.56. The Kier molecular flexibility index (Phi) is 27.8. The molecule has 1 aromatic heterocycles. The van der Waals surface area contributed by atoms with E-state index in [1.54, 1.807) is 50.4 Å². The van der Waals surface area contributed by atoms with Crippen LogP contribution in [0.5, 0.6) is 5.75 Å². The van der Waals surface area contributed by atoms with Crippen LogP contribution in [0, 0.1) is 29.6 Å². The molecule has 1 saturated heterocycles. The number of aliphatic hydroxyl groups is 2. The Bertz CT molecular complexity index is 3220. The van der Waals surface area contributed by atoms with Crippen molar-refractivity contribution in [1.82, 2.24) is 41.8 Å². The fourth-order valence-corrected chi connectivity index (χ4v) is 11.1. The van der Waals surface area contributed by atoms with Crippen LogP contribution in [-0.4, -0.2) is 164 Å². The molecule has 8 amide bonds. The van der Waals surface area contributed by atoms with Crippen molar-refractivity contribution in [3.63, 3.8) is 0 Å². The highest BCUT2D eigenvalue weighted by Crippen LogP contribution is 2.26. The Morgan fingerprint density at radius 1 is 0.659 bits per heavy atom. The van der Waals surface area contributed by atoms with E-state index in [0.29, 0.717) is 24.1 Å². The average Bonchev–Trinajstić information content (AvgIpc) is 1.78. The molecule has 1 aliphatic heterocycles. The number of β-amino-alcohol motifs (C(OH)–C–C–N with tert-alkyl or cyclic N) is 1. The molecule has 0 saturated carbocycles. The Labute approximate surface area is 529 Å². The lowest BCUT2D eigenvalue weighted by molar-refractivity contribution is -0.142. The van der Waals surface area contributed by atoms with Crippen molar-refractivity contribution < 1.29 is 68.1 Å². The number of fused-ring (bicyclic) bond motifs is 1. The second-order valence-electron chi connectivity index (χ2n) is 24.3. The SMILES string of the molecule is CN=C(N)NCCC[C@H](CC(=O)[C@H](CC(C)C)NC(=O)[C@@H](CC(=O)[C@H](Cc1ccccc1)NC(=O)[C@@H](CC(=O)[C@H](CC(N)=O)NC(=O)[C@@H]1C[C@@H](O)CN1C(=O)[C@@H](Cc1ccc(O)cc1)NC(C)=O)[C@@H](C)O)C(C)C)C(=O)N[C@@H](Cc1c[nH]c2ccccc12)C(N)=O. The van der Waals surface area contributed by atoms with Crippen LogP contribution in [0.15, 0.2) is 90.1 Å². The summed E-state index contributed by atoms with van der Waals surface area (Å²) in [6.07, 6.45) is -3.22. The van der Waals surface area contributed by atoms with Gasteiger partial charge in [-0.1, -0.05) is 88.4 Å². The molecule has 0 unspecified atom stereocenters. The van der Waals surface area contributed by atoms with Crippen LogP contribution in [0.1, 0.15) is 110 Å². The maximum atomic E-state index is 14.7. The van der Waals surface area contributed by atoms with Gasteiger partial charge in [-0.25, -0.2) is 0 Å². The number of amides is 8. The summed E-state index contributed by atoms with van der Waals surface area (Å²) in [4.78, 5) is 161. The summed E-state index contributed by atoms with van der Waals surface area (Å²) in [6.45, 7) is 9.49. The monoisotopic (exact) mass is 1260 g/mol. The molecule has 4 aromatic rings. The zero-order valence-corrected chi connectivity index (χ0v) is 52.7. The molecule has 26 nitrogen and oxygen atoms in total. The van der Waals surface area contributed by atoms with Crippen molar-refractivity contribution in [2.75, 3.05) is 20.1 Å². The number of guanidine groups is 1. The second-order valence-corrected chi connectivity index (χ2v) is 24.3. The zero-order valence-electron chi connectivity index (χ0n) is 52.7. The highest BCUT2D eigenvalue weighted by Gasteiger charge is 2.44. The van der Waals surface area contributed by atoms with Gasteiger partial charge in [0.1, 0.15) is 23.9 Å². The number of nitrogens with one attached hydrogen (secondary N) is 7. The van der Waals surface area contributed by atoms with E-state index in [2.05, 4.69) is 41.9 Å². The predicted octanol–water partition coefficient (Wildman–Crippen LogP) is 0.791. The van der Waals surface area contributed by atoms with Gasteiger partial charge in [0.15, 0.2) is 23.3 Å². The number of hydrogen-bond acceptors (Lipinski definition) is 15. The molecular formula is C65H90N12O14. The molecule has 0 spiro atoms. The van der Waals surface area contributed by atoms with Crippen molar-refractivity contribution in [3.05, 3.63) is 102 Å². The minimum Gasteiger partial charge on any atom is -0.508 e. The third-order valence-corrected chi connectivity index (χ3v) is 16.2. The number of aromatic hydroxyl groups is 1. The van der Waals surface area contributed by atoms with E-state index < -0.39 is 156 Å². The largest absolute Gasteiger partial charge is 0.508 e. The van der Waals surface area contributed by atoms with Crippen molar-refractivity contribution in [1.29, 1.82) is 0 Å². The van der Waals surface area contributed by atoms with Crippen LogP contribution in [0.3, 0.4) is 0 Å². The Morgan fingerprint density at radius 3 is 1.86 bits per heavy atom. The number of nitrogens with two attached hydrogens (primary N) is 3. The van der Waals surface area contributed by atoms with Gasteiger partial charge in [0.2, 0.25) is 47.3 Å². The summed E-state index contributed by atoms with van der Waals surface area (Å²) >= 11 is 0. The van der Waals surface area contributed by atoms with Crippen molar-refractivity contribution in [2.24, 2.45) is 51.8 Å². The normalized spacial score (nSPS) is 17.1. The van der Waals surface area contributed by atoms with Crippen LogP contribution in [0.25, 0.3) is 10.9 Å². The fourth-order valence-electron chi connectivity index (χ4n) is 11.1. The Balaban J connectivity index is 1.33. The van der Waals surface area contributed by atoms with Gasteiger partial charge < -0.3 is 74.3 Å². The number of para-hydroxylation sites is 1. The van der Waals surface area contributed by atoms with Gasteiger partial charge in [-0.05, 0) is 79.3 Å². The molecule has 16 N–H and O–H groups in total. The first kappa shape index (κ1) is 72.7. The molecule has 5 rings (SSSR count). The third-order valence-electron chi connectivity index (χ3n) is 16.2. The maximum Gasteiger partial charge on any atom is 0.246 e. The quantitative estimate of drug-likeness (QED) is 0.0170. The van der Waals surface area contributed by atoms with E-state index in [9.17, 15) is 68.1 Å². The number of phenolic OH excluding ortho intramolecular Hbond substituents is 1. The van der Waals surface area contributed by atoms with E-state index in [-0.39, 0.29) is 69.1 Å². The number of H-pyrrole nitrogens is 1. The number of aromatic nitrogens is 1. The lowest BCUT2D eigenvalue weighted by Gasteiger charge is -2.30. The lowest BCUT2D eigenvalue weighted by atomic mass is 9.85. The number of likely N-dealkylation sites (tertiary alicyclic amines) is 1. The molecule has 11 atom stereocenters. The summed E-state index contributed by atoms with van der Waals surface area (Å²) < 4.78 is 0. The number of aromatic amines is 1. The van der Waals surface area contributed by atoms with E-state index in [4.69, 9.17) is 17.2 Å². The number of carbonyl (C=O) groups excluding carboxylic acids is 11. The van der Waals surface area contributed by atoms with Crippen molar-refractivity contribution in [2.45, 2.75) is 161 Å². The van der Waals surface area contributed by atoms with Gasteiger partial charge in [0.25, 0.3) is 0 Å². The molecule has 26 heteroatoms. The number of benzene rings is 3. The van der Waals surface area contributed by atoms with Crippen LogP contribution < -0.4 is 49.1 Å². The summed E-state index contributed by atoms with van der Waals surface area (Å²) in [5.41, 5.74) is 19.9. The van der Waals surface area contributed by atoms with E-state index in [1.165, 1.54) is 45.2 Å². The standard InChI is InChI=1S/C65H90N12O14/c1-35(2)24-49(55(82)28-41(16-13-23-70-65(68)69-7)60(87)76-52(59(67)86)27-42-33-71-48-18-12-11-17-45(42)48)73-61(88)46(36(3)4)30-56(83)50(25-39-14-9-8-10-15-39)74-62(89)47(37(5)78)31-57(84)51(32-58(66)85)75-63(90)54-29-44(81)34-77(54)64(91)53(72-38(6)79)26-40-19-21-43(80)22-20-40/h8-12,14-15,17-22,33,35-37,41,44,46-47,49-54,71,78,80-81H,13,16,23-32,34H2,1-7H3,(H2,66,85)(H2,67,86)(H,72,79)(H,73,88)(H,74,89)(H,75,90)(H,76,87)(H3,68,69,70)/t37-,41-,44-,46+,47+,49+,50+,51+,52+,53-,54+/m1/s1. The smallest absolute Gasteiger partial charge is 0.246 e. The number of hydrogen-bond donors (Lipinski definition) is 13. The number of primary amides is 2. The number of Topliss-reactive ketones (excluding diaryl/α,β-unsaturated/α-hetero) is 3. The minimum atomic E-state index is -1.71. The Morgan fingerprint density at radius 2 is 1.24 bits per heavy atom. The first-order chi connectivity index (χ1) is 43.0. The molecule has 494 valence electrons. The topological polar surface area (TPSA) is 430 Å². The summed E-state index contributed by atoms with van der Waals surface area (Å²) in [6, 6.07) is 13.9. The van der Waals surface area contributed by atoms with Gasteiger partial charge >= 0.3 is 0 Å². The fraction of sp³-hybridized carbons (Fsp3) is 0.508. The number of ketones is 3. The van der Waals surface area contributed by atoms with Gasteiger partial charge in [0.05, 0.1) is 42.7 Å². The molecule has 0 aliphatic carbocycles. The van der Waals surface area contributed by atoms with Gasteiger partial charge in [-0.2, -0.15) is 0 Å². The highest BCUT2D eigenvalue weighted by atomic mass is 16.3. The van der Waals surface area contributed by atoms with E-state index in [0.717, 1.165) is 21.4 Å². The molecule has 91 heavy (non-hydrogen) atoms. The minimum absolute atomic E-state index is 0.0379. The molecule has 3 aromatic carbocycles. The molecule has 1 aliphatic rings. The van der Waals surface area contributed by atoms with Gasteiger partial charge in [-0.15, -0.1) is 0 Å². The van der Waals surface area contributed by atoms with Gasteiger partial charge in [-0.3, -0.25) is 57.7 Å². The number of nitrogens with zero attached hydrogens (tertiary/aromatic N) is 2. The first-order valence-corrected chi connectivity index (χ1v) is 30.7. The van der Waals surface area contributed by atoms with Gasteiger partial charge in [0, 0.05) is 94.5 Å². The zero-order chi connectivity index (χ0) is 67.2.